The molecule has 2 nitrogen and oxygen atoms in total. The lowest BCUT2D eigenvalue weighted by Crippen LogP contribution is -2.39. The molecule has 0 atom stereocenters. The zero-order valence-corrected chi connectivity index (χ0v) is 12.4. The predicted octanol–water partition coefficient (Wildman–Crippen LogP) is 3.89. The Morgan fingerprint density at radius 1 is 1.25 bits per heavy atom. The Morgan fingerprint density at radius 3 is 2.50 bits per heavy atom. The van der Waals surface area contributed by atoms with Crippen molar-refractivity contribution >= 4 is 17.4 Å². The molecule has 2 rings (SSSR count). The average molecular weight is 298 g/mol. The third-order valence-electron chi connectivity index (χ3n) is 4.43. The highest BCUT2D eigenvalue weighted by Gasteiger charge is 2.36. The highest BCUT2D eigenvalue weighted by molar-refractivity contribution is 6.31. The van der Waals surface area contributed by atoms with E-state index in [1.807, 2.05) is 0 Å². The van der Waals surface area contributed by atoms with Gasteiger partial charge in [-0.25, -0.2) is 4.39 Å². The van der Waals surface area contributed by atoms with Crippen molar-refractivity contribution in [2.75, 3.05) is 6.54 Å². The number of Topliss-reactive ketones (excluding diaryl/α,β-unsaturated/α-hetero) is 1. The number of benzene rings is 1. The molecule has 0 aromatic heterocycles. The molecule has 0 unspecified atom stereocenters. The lowest BCUT2D eigenvalue weighted by Gasteiger charge is -2.30. The van der Waals surface area contributed by atoms with Gasteiger partial charge < -0.3 is 5.73 Å². The van der Waals surface area contributed by atoms with Gasteiger partial charge in [-0.15, -0.1) is 0 Å². The van der Waals surface area contributed by atoms with Crippen molar-refractivity contribution < 1.29 is 9.18 Å². The fourth-order valence-corrected chi connectivity index (χ4v) is 3.24. The summed E-state index contributed by atoms with van der Waals surface area (Å²) in [6, 6.07) is 4.61. The van der Waals surface area contributed by atoms with Gasteiger partial charge in [0.25, 0.3) is 0 Å². The first kappa shape index (κ1) is 15.5. The number of nitrogens with two attached hydrogens (primary N) is 1. The van der Waals surface area contributed by atoms with Gasteiger partial charge in [-0.05, 0) is 24.5 Å². The number of ketones is 1. The molecular weight excluding hydrogens is 277 g/mol. The maximum absolute atomic E-state index is 13.4. The van der Waals surface area contributed by atoms with Crippen LogP contribution >= 0.6 is 11.6 Å². The molecule has 1 saturated carbocycles. The fraction of sp³-hybridized carbons (Fsp3) is 0.562. The molecule has 20 heavy (non-hydrogen) atoms. The van der Waals surface area contributed by atoms with Crippen LogP contribution in [0.15, 0.2) is 18.2 Å². The summed E-state index contributed by atoms with van der Waals surface area (Å²) in [5.74, 6) is -0.367. The SMILES string of the molecule is NCC1(C(=O)Cc2cccc(F)c2Cl)CCCCCC1. The van der Waals surface area contributed by atoms with Crippen molar-refractivity contribution in [1.29, 1.82) is 0 Å². The summed E-state index contributed by atoms with van der Waals surface area (Å²) in [5.41, 5.74) is 6.03. The number of halogens is 2. The minimum atomic E-state index is -0.473. The molecule has 110 valence electrons. The van der Waals surface area contributed by atoms with Crippen molar-refractivity contribution in [3.05, 3.63) is 34.6 Å². The van der Waals surface area contributed by atoms with Crippen LogP contribution in [-0.2, 0) is 11.2 Å². The first-order valence-electron chi connectivity index (χ1n) is 7.25. The summed E-state index contributed by atoms with van der Waals surface area (Å²) in [6.07, 6.45) is 6.27. The number of carbonyl (C=O) groups excluding carboxylic acids is 1. The van der Waals surface area contributed by atoms with Crippen LogP contribution in [0.4, 0.5) is 4.39 Å². The second kappa shape index (κ2) is 6.68. The Kier molecular flexibility index (Phi) is 5.17. The topological polar surface area (TPSA) is 43.1 Å². The van der Waals surface area contributed by atoms with E-state index in [9.17, 15) is 9.18 Å². The van der Waals surface area contributed by atoms with E-state index < -0.39 is 11.2 Å². The summed E-state index contributed by atoms with van der Waals surface area (Å²) >= 11 is 5.94. The van der Waals surface area contributed by atoms with Crippen molar-refractivity contribution in [2.45, 2.75) is 44.9 Å². The second-order valence-corrected chi connectivity index (χ2v) is 6.09. The Hall–Kier alpha value is -0.930. The lowest BCUT2D eigenvalue weighted by atomic mass is 9.75. The van der Waals surface area contributed by atoms with Crippen molar-refractivity contribution in [3.63, 3.8) is 0 Å². The van der Waals surface area contributed by atoms with Gasteiger partial charge in [-0.3, -0.25) is 4.79 Å². The van der Waals surface area contributed by atoms with E-state index in [0.29, 0.717) is 12.1 Å². The molecule has 1 aliphatic carbocycles. The van der Waals surface area contributed by atoms with Crippen LogP contribution in [0.3, 0.4) is 0 Å². The standard InChI is InChI=1S/C16H21ClFNO/c17-15-12(6-5-7-13(15)18)10-14(20)16(11-19)8-3-1-2-4-9-16/h5-7H,1-4,8-11,19H2. The van der Waals surface area contributed by atoms with Gasteiger partial charge in [0.15, 0.2) is 0 Å². The van der Waals surface area contributed by atoms with E-state index in [2.05, 4.69) is 0 Å². The molecule has 0 aliphatic heterocycles. The largest absolute Gasteiger partial charge is 0.329 e. The van der Waals surface area contributed by atoms with E-state index in [-0.39, 0.29) is 17.2 Å². The van der Waals surface area contributed by atoms with Gasteiger partial charge in [0.05, 0.1) is 5.02 Å². The highest BCUT2D eigenvalue weighted by Crippen LogP contribution is 2.36. The third-order valence-corrected chi connectivity index (χ3v) is 4.85. The monoisotopic (exact) mass is 297 g/mol. The summed E-state index contributed by atoms with van der Waals surface area (Å²) in [4.78, 5) is 12.7. The van der Waals surface area contributed by atoms with E-state index in [4.69, 9.17) is 17.3 Å². The third kappa shape index (κ3) is 3.21. The first-order valence-corrected chi connectivity index (χ1v) is 7.63. The van der Waals surface area contributed by atoms with Crippen LogP contribution in [0.1, 0.15) is 44.1 Å². The summed E-state index contributed by atoms with van der Waals surface area (Å²) < 4.78 is 13.4. The van der Waals surface area contributed by atoms with Crippen LogP contribution in [0.2, 0.25) is 5.02 Å². The summed E-state index contributed by atoms with van der Waals surface area (Å²) in [6.45, 7) is 0.374. The quantitative estimate of drug-likeness (QED) is 0.857. The van der Waals surface area contributed by atoms with Gasteiger partial charge in [0.1, 0.15) is 11.6 Å². The smallest absolute Gasteiger partial charge is 0.144 e. The van der Waals surface area contributed by atoms with Crippen LogP contribution < -0.4 is 5.73 Å². The molecule has 0 amide bonds. The maximum Gasteiger partial charge on any atom is 0.144 e. The zero-order chi connectivity index (χ0) is 14.6. The van der Waals surface area contributed by atoms with Crippen LogP contribution in [0.5, 0.6) is 0 Å². The summed E-state index contributed by atoms with van der Waals surface area (Å²) in [5, 5.41) is 0.0571. The fourth-order valence-electron chi connectivity index (χ4n) is 3.05. The maximum atomic E-state index is 13.4. The minimum Gasteiger partial charge on any atom is -0.329 e. The molecule has 0 heterocycles. The van der Waals surface area contributed by atoms with Crippen molar-refractivity contribution in [2.24, 2.45) is 11.1 Å². The molecular formula is C16H21ClFNO. The molecule has 1 fully saturated rings. The van der Waals surface area contributed by atoms with Crippen LogP contribution in [0, 0.1) is 11.2 Å². The molecule has 0 saturated heterocycles. The predicted molar refractivity (Wildman–Crippen MR) is 79.3 cm³/mol. The number of hydrogen-bond acceptors (Lipinski definition) is 2. The van der Waals surface area contributed by atoms with E-state index in [1.54, 1.807) is 12.1 Å². The Labute approximate surface area is 124 Å². The van der Waals surface area contributed by atoms with Gasteiger partial charge >= 0.3 is 0 Å². The van der Waals surface area contributed by atoms with Crippen molar-refractivity contribution in [1.82, 2.24) is 0 Å². The summed E-state index contributed by atoms with van der Waals surface area (Å²) in [7, 11) is 0. The molecule has 0 bridgehead atoms. The van der Waals surface area contributed by atoms with E-state index in [1.165, 1.54) is 6.07 Å². The van der Waals surface area contributed by atoms with Gasteiger partial charge in [0, 0.05) is 18.4 Å². The number of hydrogen-bond donors (Lipinski definition) is 1. The molecule has 0 spiro atoms. The normalized spacial score (nSPS) is 18.6. The molecule has 1 aromatic carbocycles. The van der Waals surface area contributed by atoms with Gasteiger partial charge in [-0.1, -0.05) is 49.4 Å². The Balaban J connectivity index is 2.18. The molecule has 0 radical (unpaired) electrons. The van der Waals surface area contributed by atoms with Crippen LogP contribution in [0.25, 0.3) is 0 Å². The van der Waals surface area contributed by atoms with Gasteiger partial charge in [-0.2, -0.15) is 0 Å². The van der Waals surface area contributed by atoms with Gasteiger partial charge in [0.2, 0.25) is 0 Å². The highest BCUT2D eigenvalue weighted by atomic mass is 35.5. The first-order chi connectivity index (χ1) is 9.59. The lowest BCUT2D eigenvalue weighted by molar-refractivity contribution is -0.128. The number of carbonyl (C=O) groups is 1. The molecule has 2 N–H and O–H groups in total. The second-order valence-electron chi connectivity index (χ2n) is 5.71. The molecule has 1 aromatic rings. The van der Waals surface area contributed by atoms with E-state index in [0.717, 1.165) is 38.5 Å². The van der Waals surface area contributed by atoms with Crippen molar-refractivity contribution in [3.8, 4) is 0 Å². The molecule has 4 heteroatoms. The Morgan fingerprint density at radius 2 is 1.90 bits per heavy atom. The molecule has 1 aliphatic rings. The van der Waals surface area contributed by atoms with E-state index >= 15 is 0 Å². The van der Waals surface area contributed by atoms with Crippen LogP contribution in [-0.4, -0.2) is 12.3 Å². The number of rotatable bonds is 4. The zero-order valence-electron chi connectivity index (χ0n) is 11.6. The Bertz CT molecular complexity index is 481. The average Bonchev–Trinajstić information content (AvgIpc) is 2.70. The minimum absolute atomic E-state index is 0.0571.